The Morgan fingerprint density at radius 3 is 2.97 bits per heavy atom. The zero-order valence-corrected chi connectivity index (χ0v) is 20.5. The number of nitrogens with one attached hydrogen (secondary N) is 2. The topological polar surface area (TPSA) is 56.7 Å². The molecule has 0 bridgehead atoms. The summed E-state index contributed by atoms with van der Waals surface area (Å²) in [7, 11) is 0. The monoisotopic (exact) mass is 546 g/mol. The first-order valence-corrected chi connectivity index (χ1v) is 11.0. The largest absolute Gasteiger partial charge is 0.357 e. The van der Waals surface area contributed by atoms with Crippen LogP contribution >= 0.6 is 46.9 Å². The van der Waals surface area contributed by atoms with Crippen molar-refractivity contribution in [3.8, 4) is 0 Å². The maximum atomic E-state index is 12.5. The lowest BCUT2D eigenvalue weighted by atomic mass is 10.1. The zero-order chi connectivity index (χ0) is 19.8. The van der Waals surface area contributed by atoms with E-state index in [9.17, 15) is 4.79 Å². The maximum absolute atomic E-state index is 12.5. The summed E-state index contributed by atoms with van der Waals surface area (Å²) in [6.07, 6.45) is 2.26. The molecule has 1 aromatic heterocycles. The van der Waals surface area contributed by atoms with E-state index in [1.807, 2.05) is 30.0 Å². The molecule has 1 aliphatic rings. The molecule has 2 aromatic rings. The molecule has 0 unspecified atom stereocenters. The third-order valence-corrected chi connectivity index (χ3v) is 5.95. The molecule has 0 radical (unpaired) electrons. The van der Waals surface area contributed by atoms with Crippen LogP contribution in [0.3, 0.4) is 0 Å². The molecule has 1 aromatic carbocycles. The molecule has 0 atom stereocenters. The lowest BCUT2D eigenvalue weighted by Crippen LogP contribution is -2.39. The summed E-state index contributed by atoms with van der Waals surface area (Å²) in [5.74, 6) is 0.923. The Hall–Kier alpha value is -1.32. The summed E-state index contributed by atoms with van der Waals surface area (Å²) in [4.78, 5) is 20.4. The van der Waals surface area contributed by atoms with Crippen molar-refractivity contribution in [2.75, 3.05) is 26.2 Å². The minimum Gasteiger partial charge on any atom is -0.357 e. The van der Waals surface area contributed by atoms with Crippen molar-refractivity contribution in [3.05, 3.63) is 56.7 Å². The first-order chi connectivity index (χ1) is 13.7. The zero-order valence-electron chi connectivity index (χ0n) is 16.6. The predicted molar refractivity (Wildman–Crippen MR) is 133 cm³/mol. The van der Waals surface area contributed by atoms with Gasteiger partial charge in [0.1, 0.15) is 0 Å². The van der Waals surface area contributed by atoms with E-state index in [1.54, 1.807) is 11.3 Å². The van der Waals surface area contributed by atoms with Gasteiger partial charge in [0, 0.05) is 42.5 Å². The Kier molecular flexibility index (Phi) is 10.2. The van der Waals surface area contributed by atoms with Crippen molar-refractivity contribution < 1.29 is 4.79 Å². The van der Waals surface area contributed by atoms with Gasteiger partial charge in [0.05, 0.1) is 6.54 Å². The van der Waals surface area contributed by atoms with Crippen LogP contribution < -0.4 is 10.6 Å². The number of amides is 1. The van der Waals surface area contributed by atoms with Gasteiger partial charge in [-0.05, 0) is 54.5 Å². The van der Waals surface area contributed by atoms with Gasteiger partial charge >= 0.3 is 0 Å². The van der Waals surface area contributed by atoms with Crippen LogP contribution in [0.5, 0.6) is 0 Å². The smallest absolute Gasteiger partial charge is 0.224 e. The van der Waals surface area contributed by atoms with Gasteiger partial charge in [0.15, 0.2) is 5.96 Å². The van der Waals surface area contributed by atoms with E-state index in [4.69, 9.17) is 11.6 Å². The summed E-state index contributed by atoms with van der Waals surface area (Å²) in [6, 6.07) is 10.0. The highest BCUT2D eigenvalue weighted by atomic mass is 127. The van der Waals surface area contributed by atoms with Gasteiger partial charge in [-0.1, -0.05) is 23.7 Å². The summed E-state index contributed by atoms with van der Waals surface area (Å²) in [5.41, 5.74) is 2.48. The van der Waals surface area contributed by atoms with Gasteiger partial charge in [-0.25, -0.2) is 0 Å². The highest BCUT2D eigenvalue weighted by Gasteiger charge is 2.20. The fourth-order valence-corrected chi connectivity index (χ4v) is 4.34. The quantitative estimate of drug-likeness (QED) is 0.312. The van der Waals surface area contributed by atoms with Gasteiger partial charge in [0.2, 0.25) is 5.91 Å². The first kappa shape index (κ1) is 24.0. The standard InChI is InChI=1S/C21H27ClN4OS.HI/c1-2-23-21(24-10-6-16-4-3-5-18(22)14-16)25-11-7-20(27)26-12-8-19-17(15-26)9-13-28-19;/h3-5,9,13-14H,2,6-8,10-12,15H2,1H3,(H2,23,24,25);1H. The SMILES string of the molecule is CCNC(=NCCC(=O)N1CCc2sccc2C1)NCCc1cccc(Cl)c1.I. The minimum absolute atomic E-state index is 0. The van der Waals surface area contributed by atoms with Crippen molar-refractivity contribution >= 4 is 58.8 Å². The summed E-state index contributed by atoms with van der Waals surface area (Å²) in [6.45, 7) is 5.61. The first-order valence-electron chi connectivity index (χ1n) is 9.75. The van der Waals surface area contributed by atoms with Crippen LogP contribution in [0.1, 0.15) is 29.3 Å². The molecule has 0 aliphatic carbocycles. The molecule has 29 heavy (non-hydrogen) atoms. The van der Waals surface area contributed by atoms with E-state index in [2.05, 4.69) is 33.1 Å². The van der Waals surface area contributed by atoms with Crippen LogP contribution in [0.25, 0.3) is 0 Å². The summed E-state index contributed by atoms with van der Waals surface area (Å²) < 4.78 is 0. The molecule has 158 valence electrons. The van der Waals surface area contributed by atoms with Crippen LogP contribution in [0, 0.1) is 0 Å². The Morgan fingerprint density at radius 1 is 1.31 bits per heavy atom. The van der Waals surface area contributed by atoms with Crippen molar-refractivity contribution in [2.45, 2.75) is 32.7 Å². The fourth-order valence-electron chi connectivity index (χ4n) is 3.24. The van der Waals surface area contributed by atoms with Gasteiger partial charge in [-0.2, -0.15) is 0 Å². The number of thiophene rings is 1. The van der Waals surface area contributed by atoms with Crippen molar-refractivity contribution in [3.63, 3.8) is 0 Å². The van der Waals surface area contributed by atoms with Crippen molar-refractivity contribution in [2.24, 2.45) is 4.99 Å². The van der Waals surface area contributed by atoms with E-state index in [1.165, 1.54) is 16.0 Å². The number of rotatable bonds is 7. The molecule has 0 spiro atoms. The molecule has 3 rings (SSSR count). The van der Waals surface area contributed by atoms with Gasteiger partial charge in [0.25, 0.3) is 0 Å². The minimum atomic E-state index is 0. The molecule has 0 saturated carbocycles. The van der Waals surface area contributed by atoms with Gasteiger partial charge in [-0.15, -0.1) is 35.3 Å². The van der Waals surface area contributed by atoms with E-state index in [0.29, 0.717) is 13.0 Å². The molecule has 8 heteroatoms. The van der Waals surface area contributed by atoms with Gasteiger partial charge < -0.3 is 15.5 Å². The second-order valence-corrected chi connectivity index (χ2v) is 8.19. The lowest BCUT2D eigenvalue weighted by Gasteiger charge is -2.26. The van der Waals surface area contributed by atoms with Crippen LogP contribution in [-0.2, 0) is 24.2 Å². The number of carbonyl (C=O) groups is 1. The number of aliphatic imine (C=N–C) groups is 1. The Morgan fingerprint density at radius 2 is 2.17 bits per heavy atom. The number of benzene rings is 1. The second-order valence-electron chi connectivity index (χ2n) is 6.75. The van der Waals surface area contributed by atoms with E-state index >= 15 is 0 Å². The molecule has 0 saturated heterocycles. The third kappa shape index (κ3) is 7.46. The highest BCUT2D eigenvalue weighted by Crippen LogP contribution is 2.24. The number of nitrogens with zero attached hydrogens (tertiary/aromatic N) is 2. The molecular formula is C21H28ClIN4OS. The van der Waals surface area contributed by atoms with E-state index in [0.717, 1.165) is 50.0 Å². The second kappa shape index (κ2) is 12.4. The van der Waals surface area contributed by atoms with Crippen LogP contribution in [-0.4, -0.2) is 42.9 Å². The van der Waals surface area contributed by atoms with Crippen molar-refractivity contribution in [1.29, 1.82) is 0 Å². The average molecular weight is 547 g/mol. The number of halogens is 2. The lowest BCUT2D eigenvalue weighted by molar-refractivity contribution is -0.131. The molecule has 1 aliphatic heterocycles. The van der Waals surface area contributed by atoms with Crippen molar-refractivity contribution in [1.82, 2.24) is 15.5 Å². The third-order valence-electron chi connectivity index (χ3n) is 4.70. The summed E-state index contributed by atoms with van der Waals surface area (Å²) >= 11 is 7.82. The van der Waals surface area contributed by atoms with Crippen LogP contribution in [0.2, 0.25) is 5.02 Å². The Balaban J connectivity index is 0.00000300. The normalized spacial score (nSPS) is 13.4. The highest BCUT2D eigenvalue weighted by molar-refractivity contribution is 14.0. The molecule has 5 nitrogen and oxygen atoms in total. The number of carbonyl (C=O) groups excluding carboxylic acids is 1. The molecule has 0 fully saturated rings. The van der Waals surface area contributed by atoms with Crippen LogP contribution in [0.15, 0.2) is 40.7 Å². The number of guanidine groups is 1. The Bertz CT molecular complexity index is 827. The number of hydrogen-bond donors (Lipinski definition) is 2. The van der Waals surface area contributed by atoms with Crippen LogP contribution in [0.4, 0.5) is 0 Å². The average Bonchev–Trinajstić information content (AvgIpc) is 3.16. The maximum Gasteiger partial charge on any atom is 0.224 e. The van der Waals surface area contributed by atoms with E-state index < -0.39 is 0 Å². The Labute approximate surface area is 199 Å². The number of fused-ring (bicyclic) bond motifs is 1. The van der Waals surface area contributed by atoms with Gasteiger partial charge in [-0.3, -0.25) is 9.79 Å². The molecule has 1 amide bonds. The number of hydrogen-bond acceptors (Lipinski definition) is 3. The molecule has 2 heterocycles. The molecule has 2 N–H and O–H groups in total. The summed E-state index contributed by atoms with van der Waals surface area (Å²) in [5, 5.41) is 9.42. The fraction of sp³-hybridized carbons (Fsp3) is 0.429. The van der Waals surface area contributed by atoms with E-state index in [-0.39, 0.29) is 29.9 Å². The molecular weight excluding hydrogens is 519 g/mol. The predicted octanol–water partition coefficient (Wildman–Crippen LogP) is 4.09.